The maximum atomic E-state index is 11.9. The summed E-state index contributed by atoms with van der Waals surface area (Å²) in [6, 6.07) is 8.36. The first kappa shape index (κ1) is 17.2. The Labute approximate surface area is 135 Å². The largest absolute Gasteiger partial charge is 0.353 e. The van der Waals surface area contributed by atoms with Crippen molar-refractivity contribution < 1.29 is 9.00 Å². The van der Waals surface area contributed by atoms with Gasteiger partial charge in [-0.25, -0.2) is 0 Å². The Hall–Kier alpha value is -1.20. The molecule has 0 bridgehead atoms. The van der Waals surface area contributed by atoms with Gasteiger partial charge in [-0.3, -0.25) is 9.00 Å². The van der Waals surface area contributed by atoms with Crippen molar-refractivity contribution in [2.45, 2.75) is 56.0 Å². The number of amides is 1. The zero-order valence-electron chi connectivity index (χ0n) is 13.4. The molecular formula is C17H26N2O2S. The maximum absolute atomic E-state index is 11.9. The number of rotatable bonds is 7. The summed E-state index contributed by atoms with van der Waals surface area (Å²) in [5.74, 6) is 0.142. The maximum Gasteiger partial charge on any atom is 0.221 e. The fourth-order valence-electron chi connectivity index (χ4n) is 2.84. The number of carbonyl (C=O) groups is 1. The lowest BCUT2D eigenvalue weighted by atomic mass is 10.1. The van der Waals surface area contributed by atoms with Gasteiger partial charge in [0.05, 0.1) is 0 Å². The molecule has 5 heteroatoms. The number of hydrogen-bond donors (Lipinski definition) is 2. The molecule has 0 saturated heterocycles. The van der Waals surface area contributed by atoms with Crippen LogP contribution in [-0.2, 0) is 15.6 Å². The molecule has 0 aromatic heterocycles. The van der Waals surface area contributed by atoms with Crippen LogP contribution in [0.4, 0.5) is 0 Å². The van der Waals surface area contributed by atoms with E-state index in [2.05, 4.69) is 17.6 Å². The third kappa shape index (κ3) is 5.21. The second-order valence-corrected chi connectivity index (χ2v) is 7.38. The second kappa shape index (κ2) is 8.44. The number of hydrogen-bond acceptors (Lipinski definition) is 3. The predicted octanol–water partition coefficient (Wildman–Crippen LogP) is 2.52. The SMILES string of the molecule is C[C@H](NCCC(=O)NC1CCCC1)c1ccc([S@@](C)=O)cc1. The molecule has 122 valence electrons. The highest BCUT2D eigenvalue weighted by molar-refractivity contribution is 7.84. The van der Waals surface area contributed by atoms with E-state index < -0.39 is 10.8 Å². The van der Waals surface area contributed by atoms with Gasteiger partial charge in [-0.2, -0.15) is 0 Å². The third-order valence-electron chi connectivity index (χ3n) is 4.23. The summed E-state index contributed by atoms with van der Waals surface area (Å²) in [4.78, 5) is 12.7. The molecule has 1 amide bonds. The highest BCUT2D eigenvalue weighted by Gasteiger charge is 2.16. The molecule has 2 rings (SSSR count). The average Bonchev–Trinajstić information content (AvgIpc) is 3.00. The Kier molecular flexibility index (Phi) is 6.58. The summed E-state index contributed by atoms with van der Waals surface area (Å²) in [5, 5.41) is 6.47. The molecule has 22 heavy (non-hydrogen) atoms. The number of benzene rings is 1. The number of carbonyl (C=O) groups excluding carboxylic acids is 1. The van der Waals surface area contributed by atoms with Gasteiger partial charge in [0.1, 0.15) is 0 Å². The first-order valence-corrected chi connectivity index (χ1v) is 9.58. The minimum Gasteiger partial charge on any atom is -0.353 e. The van der Waals surface area contributed by atoms with Crippen molar-refractivity contribution in [2.75, 3.05) is 12.8 Å². The monoisotopic (exact) mass is 322 g/mol. The number of nitrogens with one attached hydrogen (secondary N) is 2. The molecular weight excluding hydrogens is 296 g/mol. The zero-order valence-corrected chi connectivity index (χ0v) is 14.2. The van der Waals surface area contributed by atoms with E-state index in [1.807, 2.05) is 24.3 Å². The molecule has 0 spiro atoms. The molecule has 2 N–H and O–H groups in total. The van der Waals surface area contributed by atoms with Crippen molar-refractivity contribution in [2.24, 2.45) is 0 Å². The van der Waals surface area contributed by atoms with E-state index in [0.717, 1.165) is 23.3 Å². The van der Waals surface area contributed by atoms with Crippen LogP contribution in [0, 0.1) is 0 Å². The lowest BCUT2D eigenvalue weighted by molar-refractivity contribution is -0.121. The Balaban J connectivity index is 1.71. The fourth-order valence-corrected chi connectivity index (χ4v) is 3.36. The molecule has 1 aliphatic rings. The summed E-state index contributed by atoms with van der Waals surface area (Å²) >= 11 is 0. The molecule has 0 radical (unpaired) electrons. The summed E-state index contributed by atoms with van der Waals surface area (Å²) in [6.45, 7) is 2.74. The standard InChI is InChI=1S/C17H26N2O2S/c1-13(14-7-9-16(10-8-14)22(2)21)18-12-11-17(20)19-15-5-3-4-6-15/h7-10,13,15,18H,3-6,11-12H2,1-2H3,(H,19,20)/t13-,22+/m0/s1. The van der Waals surface area contributed by atoms with Crippen molar-refractivity contribution in [3.63, 3.8) is 0 Å². The van der Waals surface area contributed by atoms with Gasteiger partial charge in [0, 0.05) is 47.0 Å². The van der Waals surface area contributed by atoms with Gasteiger partial charge >= 0.3 is 0 Å². The zero-order chi connectivity index (χ0) is 15.9. The molecule has 0 unspecified atom stereocenters. The van der Waals surface area contributed by atoms with Crippen LogP contribution in [0.15, 0.2) is 29.2 Å². The van der Waals surface area contributed by atoms with E-state index in [0.29, 0.717) is 19.0 Å². The smallest absolute Gasteiger partial charge is 0.221 e. The van der Waals surface area contributed by atoms with Gasteiger partial charge in [-0.05, 0) is 37.5 Å². The van der Waals surface area contributed by atoms with E-state index in [1.165, 1.54) is 12.8 Å². The highest BCUT2D eigenvalue weighted by atomic mass is 32.2. The molecule has 4 nitrogen and oxygen atoms in total. The van der Waals surface area contributed by atoms with Gasteiger partial charge in [-0.15, -0.1) is 0 Å². The van der Waals surface area contributed by atoms with Crippen LogP contribution in [0.2, 0.25) is 0 Å². The minimum atomic E-state index is -0.938. The molecule has 1 saturated carbocycles. The third-order valence-corrected chi connectivity index (χ3v) is 5.17. The van der Waals surface area contributed by atoms with Crippen LogP contribution in [0.1, 0.15) is 50.6 Å². The predicted molar refractivity (Wildman–Crippen MR) is 90.2 cm³/mol. The lowest BCUT2D eigenvalue weighted by Gasteiger charge is -2.16. The van der Waals surface area contributed by atoms with Crippen LogP contribution < -0.4 is 10.6 Å². The van der Waals surface area contributed by atoms with Gasteiger partial charge in [0.15, 0.2) is 0 Å². The van der Waals surface area contributed by atoms with Crippen molar-refractivity contribution in [3.8, 4) is 0 Å². The van der Waals surface area contributed by atoms with Gasteiger partial charge < -0.3 is 10.6 Å². The normalized spacial score (nSPS) is 18.1. The molecule has 1 aromatic rings. The lowest BCUT2D eigenvalue weighted by Crippen LogP contribution is -2.34. The van der Waals surface area contributed by atoms with E-state index in [4.69, 9.17) is 0 Å². The Morgan fingerprint density at radius 2 is 1.91 bits per heavy atom. The summed E-state index contributed by atoms with van der Waals surface area (Å²) < 4.78 is 11.4. The molecule has 0 heterocycles. The highest BCUT2D eigenvalue weighted by Crippen LogP contribution is 2.18. The van der Waals surface area contributed by atoms with Crippen LogP contribution in [0.5, 0.6) is 0 Å². The van der Waals surface area contributed by atoms with E-state index in [1.54, 1.807) is 6.26 Å². The minimum absolute atomic E-state index is 0.142. The van der Waals surface area contributed by atoms with Crippen LogP contribution >= 0.6 is 0 Å². The Morgan fingerprint density at radius 1 is 1.27 bits per heavy atom. The van der Waals surface area contributed by atoms with Crippen molar-refractivity contribution in [3.05, 3.63) is 29.8 Å². The average molecular weight is 322 g/mol. The summed E-state index contributed by atoms with van der Waals surface area (Å²) in [7, 11) is -0.938. The van der Waals surface area contributed by atoms with Crippen molar-refractivity contribution in [1.29, 1.82) is 0 Å². The summed E-state index contributed by atoms with van der Waals surface area (Å²) in [5.41, 5.74) is 1.14. The molecule has 1 fully saturated rings. The molecule has 2 atom stereocenters. The topological polar surface area (TPSA) is 58.2 Å². The fraction of sp³-hybridized carbons (Fsp3) is 0.588. The quantitative estimate of drug-likeness (QED) is 0.811. The van der Waals surface area contributed by atoms with Crippen LogP contribution in [-0.4, -0.2) is 29.0 Å². The molecule has 0 aliphatic heterocycles. The van der Waals surface area contributed by atoms with Gasteiger partial charge in [0.2, 0.25) is 5.91 Å². The van der Waals surface area contributed by atoms with E-state index >= 15 is 0 Å². The van der Waals surface area contributed by atoms with E-state index in [9.17, 15) is 9.00 Å². The molecule has 1 aromatic carbocycles. The van der Waals surface area contributed by atoms with Crippen molar-refractivity contribution in [1.82, 2.24) is 10.6 Å². The van der Waals surface area contributed by atoms with Gasteiger partial charge in [-0.1, -0.05) is 25.0 Å². The van der Waals surface area contributed by atoms with Crippen LogP contribution in [0.25, 0.3) is 0 Å². The van der Waals surface area contributed by atoms with E-state index in [-0.39, 0.29) is 11.9 Å². The second-order valence-electron chi connectivity index (χ2n) is 6.00. The van der Waals surface area contributed by atoms with Crippen LogP contribution in [0.3, 0.4) is 0 Å². The summed E-state index contributed by atoms with van der Waals surface area (Å²) in [6.07, 6.45) is 6.91. The molecule has 1 aliphatic carbocycles. The Bertz CT molecular complexity index is 510. The Morgan fingerprint density at radius 3 is 2.50 bits per heavy atom. The van der Waals surface area contributed by atoms with Crippen molar-refractivity contribution >= 4 is 16.7 Å². The first-order chi connectivity index (χ1) is 10.6. The first-order valence-electron chi connectivity index (χ1n) is 8.02. The van der Waals surface area contributed by atoms with Gasteiger partial charge in [0.25, 0.3) is 0 Å².